The molecule has 49 heavy (non-hydrogen) atoms. The quantitative estimate of drug-likeness (QED) is 0.0284. The van der Waals surface area contributed by atoms with Gasteiger partial charge in [0.2, 0.25) is 35.4 Å². The Morgan fingerprint density at radius 3 is 2.08 bits per heavy atom. The number of guanidine groups is 1. The molecule has 0 aromatic carbocycles. The number of carbonyl (C=O) groups is 7. The Morgan fingerprint density at radius 1 is 0.837 bits per heavy atom. The van der Waals surface area contributed by atoms with Gasteiger partial charge in [0.15, 0.2) is 5.96 Å². The van der Waals surface area contributed by atoms with E-state index in [1.54, 1.807) is 0 Å². The highest BCUT2D eigenvalue weighted by atomic mass is 16.4. The van der Waals surface area contributed by atoms with E-state index in [9.17, 15) is 43.8 Å². The summed E-state index contributed by atoms with van der Waals surface area (Å²) in [7, 11) is 0. The maximum atomic E-state index is 13.1. The van der Waals surface area contributed by atoms with E-state index in [-0.39, 0.29) is 44.7 Å². The minimum Gasteiger partial charge on any atom is -0.480 e. The molecule has 1 fully saturated rings. The lowest BCUT2D eigenvalue weighted by Gasteiger charge is -2.27. The van der Waals surface area contributed by atoms with Crippen LogP contribution in [0, 0.1) is 0 Å². The first-order valence-corrected chi connectivity index (χ1v) is 15.9. The molecular weight excluding hydrogens is 650 g/mol. The molecule has 0 spiro atoms. The summed E-state index contributed by atoms with van der Waals surface area (Å²) in [5.41, 5.74) is 21.6. The Hall–Kier alpha value is -4.60. The topological polar surface area (TPSA) is 360 Å². The van der Waals surface area contributed by atoms with E-state index in [1.807, 2.05) is 0 Å². The van der Waals surface area contributed by atoms with Crippen LogP contribution in [-0.4, -0.2) is 143 Å². The molecule has 1 rings (SSSR count). The summed E-state index contributed by atoms with van der Waals surface area (Å²) in [5.74, 6) is -6.14. The fourth-order valence-electron chi connectivity index (χ4n) is 4.78. The van der Waals surface area contributed by atoms with Crippen molar-refractivity contribution in [2.24, 2.45) is 27.9 Å². The third kappa shape index (κ3) is 15.0. The number of aliphatic hydroxyl groups is 2. The van der Waals surface area contributed by atoms with E-state index < -0.39 is 97.4 Å². The number of carbonyl (C=O) groups excluding carboxylic acids is 6. The number of unbranched alkanes of at least 4 members (excludes halogenated alkanes) is 1. The lowest BCUT2D eigenvalue weighted by atomic mass is 10.1. The Labute approximate surface area is 283 Å². The van der Waals surface area contributed by atoms with Crippen LogP contribution in [0.1, 0.15) is 51.9 Å². The Morgan fingerprint density at radius 2 is 1.49 bits per heavy atom. The monoisotopic (exact) mass is 701 g/mol. The van der Waals surface area contributed by atoms with E-state index in [2.05, 4.69) is 31.6 Å². The molecule has 0 bridgehead atoms. The van der Waals surface area contributed by atoms with Gasteiger partial charge in [0, 0.05) is 13.1 Å². The molecule has 6 amide bonds. The smallest absolute Gasteiger partial charge is 0.326 e. The summed E-state index contributed by atoms with van der Waals surface area (Å²) < 4.78 is 0. The number of aliphatic hydroxyl groups excluding tert-OH is 2. The van der Waals surface area contributed by atoms with Crippen LogP contribution in [-0.2, 0) is 33.6 Å². The van der Waals surface area contributed by atoms with Crippen LogP contribution < -0.4 is 49.5 Å². The van der Waals surface area contributed by atoms with Crippen molar-refractivity contribution < 1.29 is 48.9 Å². The number of hydrogen-bond acceptors (Lipinski definition) is 12. The first-order chi connectivity index (χ1) is 23.2. The number of aliphatic imine (C=N–C) groups is 1. The zero-order valence-electron chi connectivity index (χ0n) is 27.6. The third-order valence-electron chi connectivity index (χ3n) is 7.50. The van der Waals surface area contributed by atoms with Gasteiger partial charge in [-0.15, -0.1) is 0 Å². The Kier molecular flexibility index (Phi) is 19.1. The summed E-state index contributed by atoms with van der Waals surface area (Å²) in [6, 6.07) is -7.39. The molecule has 1 saturated heterocycles. The summed E-state index contributed by atoms with van der Waals surface area (Å²) in [4.78, 5) is 93.1. The second-order valence-electron chi connectivity index (χ2n) is 11.4. The van der Waals surface area contributed by atoms with E-state index in [1.165, 1.54) is 11.8 Å². The SMILES string of the molecule is C[C@H](NC(=O)[C@H](CCCN=C(N)N)NC(=O)[C@@H](N)CO)C(=O)N[C@@H](CO)C(=O)NCC(=O)N[C@@H](CCCCN)C(=O)N1CCC[C@H]1C(=O)O. The molecule has 0 saturated carbocycles. The van der Waals surface area contributed by atoms with Crippen LogP contribution >= 0.6 is 0 Å². The van der Waals surface area contributed by atoms with Crippen LogP contribution in [0.3, 0.4) is 0 Å². The zero-order chi connectivity index (χ0) is 37.1. The maximum Gasteiger partial charge on any atom is 0.326 e. The average molecular weight is 702 g/mol. The van der Waals surface area contributed by atoms with Gasteiger partial charge < -0.3 is 69.7 Å². The Balaban J connectivity index is 2.79. The number of nitrogens with one attached hydrogen (secondary N) is 5. The van der Waals surface area contributed by atoms with Gasteiger partial charge in [-0.05, 0) is 58.4 Å². The molecule has 0 unspecified atom stereocenters. The highest BCUT2D eigenvalue weighted by Crippen LogP contribution is 2.19. The molecule has 21 heteroatoms. The van der Waals surface area contributed by atoms with Crippen molar-refractivity contribution in [1.82, 2.24) is 31.5 Å². The summed E-state index contributed by atoms with van der Waals surface area (Å²) >= 11 is 0. The van der Waals surface area contributed by atoms with Crippen LogP contribution in [0.15, 0.2) is 4.99 Å². The third-order valence-corrected chi connectivity index (χ3v) is 7.50. The number of nitrogens with two attached hydrogens (primary N) is 4. The number of hydrogen-bond donors (Lipinski definition) is 12. The van der Waals surface area contributed by atoms with Crippen molar-refractivity contribution in [3.63, 3.8) is 0 Å². The predicted octanol–water partition coefficient (Wildman–Crippen LogP) is -6.37. The maximum absolute atomic E-state index is 13.1. The van der Waals surface area contributed by atoms with E-state index >= 15 is 0 Å². The normalized spacial score (nSPS) is 17.0. The fourth-order valence-corrected chi connectivity index (χ4v) is 4.78. The molecule has 1 aliphatic heterocycles. The molecule has 0 aromatic rings. The molecule has 278 valence electrons. The van der Waals surface area contributed by atoms with E-state index in [0.29, 0.717) is 25.8 Å². The molecule has 16 N–H and O–H groups in total. The van der Waals surface area contributed by atoms with Gasteiger partial charge in [0.05, 0.1) is 19.8 Å². The number of carboxylic acids is 1. The number of carboxylic acid groups (broad SMARTS) is 1. The summed E-state index contributed by atoms with van der Waals surface area (Å²) in [6.45, 7) is -0.226. The van der Waals surface area contributed by atoms with Crippen molar-refractivity contribution >= 4 is 47.4 Å². The van der Waals surface area contributed by atoms with Gasteiger partial charge in [-0.1, -0.05) is 0 Å². The molecule has 1 heterocycles. The molecule has 0 radical (unpaired) electrons. The number of aliphatic carboxylic acids is 1. The second-order valence-corrected chi connectivity index (χ2v) is 11.4. The minimum atomic E-state index is -1.54. The van der Waals surface area contributed by atoms with Crippen molar-refractivity contribution in [3.8, 4) is 0 Å². The minimum absolute atomic E-state index is 0.0300. The van der Waals surface area contributed by atoms with Gasteiger partial charge in [-0.3, -0.25) is 33.8 Å². The number of rotatable bonds is 22. The van der Waals surface area contributed by atoms with Crippen molar-refractivity contribution in [2.45, 2.75) is 88.1 Å². The first-order valence-electron chi connectivity index (χ1n) is 15.9. The summed E-state index contributed by atoms with van der Waals surface area (Å²) in [6.07, 6.45) is 2.27. The summed E-state index contributed by atoms with van der Waals surface area (Å²) in [5, 5.41) is 40.1. The van der Waals surface area contributed by atoms with Crippen LogP contribution in [0.5, 0.6) is 0 Å². The molecule has 0 aliphatic carbocycles. The van der Waals surface area contributed by atoms with Crippen molar-refractivity contribution in [2.75, 3.05) is 39.4 Å². The van der Waals surface area contributed by atoms with Gasteiger partial charge in [-0.25, -0.2) is 4.79 Å². The van der Waals surface area contributed by atoms with Crippen molar-refractivity contribution in [1.29, 1.82) is 0 Å². The lowest BCUT2D eigenvalue weighted by molar-refractivity contribution is -0.149. The van der Waals surface area contributed by atoms with E-state index in [4.69, 9.17) is 28.0 Å². The molecule has 1 aliphatic rings. The van der Waals surface area contributed by atoms with Gasteiger partial charge in [-0.2, -0.15) is 0 Å². The lowest BCUT2D eigenvalue weighted by Crippen LogP contribution is -2.58. The standard InChI is InChI=1S/C28H51N11O10/c1-15(35-25(46)17(7-4-10-33-28(31)32)37-23(44)16(30)13-40)22(43)38-19(14-41)24(45)34-12-21(42)36-18(6-2-3-9-29)26(47)39-11-5-8-20(39)27(48)49/h15-20,40-41H,2-14,29-30H2,1H3,(H,34,45)(H,35,46)(H,36,42)(H,37,44)(H,38,43)(H,48,49)(H4,31,32,33)/t15-,16-,17-,18-,19-,20-/m0/s1. The van der Waals surface area contributed by atoms with Crippen LogP contribution in [0.4, 0.5) is 0 Å². The van der Waals surface area contributed by atoms with Gasteiger partial charge in [0.1, 0.15) is 36.3 Å². The fraction of sp³-hybridized carbons (Fsp3) is 0.714. The van der Waals surface area contributed by atoms with Crippen molar-refractivity contribution in [3.05, 3.63) is 0 Å². The molecule has 0 aromatic heterocycles. The Bertz CT molecular complexity index is 1180. The molecule has 21 nitrogen and oxygen atoms in total. The van der Waals surface area contributed by atoms with Crippen LogP contribution in [0.2, 0.25) is 0 Å². The highest BCUT2D eigenvalue weighted by molar-refractivity contribution is 5.96. The van der Waals surface area contributed by atoms with Gasteiger partial charge >= 0.3 is 5.97 Å². The first kappa shape index (κ1) is 42.4. The number of likely N-dealkylation sites (tertiary alicyclic amines) is 1. The van der Waals surface area contributed by atoms with E-state index in [0.717, 1.165) is 0 Å². The predicted molar refractivity (Wildman–Crippen MR) is 174 cm³/mol. The highest BCUT2D eigenvalue weighted by Gasteiger charge is 2.37. The van der Waals surface area contributed by atoms with Gasteiger partial charge in [0.25, 0.3) is 0 Å². The van der Waals surface area contributed by atoms with Crippen LogP contribution in [0.25, 0.3) is 0 Å². The molecular formula is C28H51N11O10. The zero-order valence-corrected chi connectivity index (χ0v) is 27.6. The second kappa shape index (κ2) is 22.1. The average Bonchev–Trinajstić information content (AvgIpc) is 3.56. The largest absolute Gasteiger partial charge is 0.480 e. The number of amides is 6. The number of nitrogens with zero attached hydrogens (tertiary/aromatic N) is 2. The molecule has 6 atom stereocenters.